The lowest BCUT2D eigenvalue weighted by molar-refractivity contribution is -0.147. The summed E-state index contributed by atoms with van der Waals surface area (Å²) in [5, 5.41) is 0. The van der Waals surface area contributed by atoms with E-state index in [0.29, 0.717) is 6.42 Å². The molecule has 0 spiro atoms. The molecule has 3 rings (SSSR count). The average Bonchev–Trinajstić information content (AvgIpc) is 2.58. The molecule has 2 aliphatic carbocycles. The molecule has 5 atom stereocenters. The first-order valence-electron chi connectivity index (χ1n) is 6.55. The van der Waals surface area contributed by atoms with Gasteiger partial charge in [-0.1, -0.05) is 32.1 Å². The largest absolute Gasteiger partial charge is 0.462 e. The van der Waals surface area contributed by atoms with Gasteiger partial charge in [-0.2, -0.15) is 0 Å². The molecule has 0 aromatic carbocycles. The van der Waals surface area contributed by atoms with E-state index in [1.54, 1.807) is 6.08 Å². The van der Waals surface area contributed by atoms with E-state index in [4.69, 9.17) is 4.74 Å². The van der Waals surface area contributed by atoms with E-state index in [2.05, 4.69) is 6.58 Å². The van der Waals surface area contributed by atoms with Gasteiger partial charge < -0.3 is 4.74 Å². The van der Waals surface area contributed by atoms with Crippen molar-refractivity contribution in [3.05, 3.63) is 24.3 Å². The molecule has 0 aromatic heterocycles. The molecule has 0 radical (unpaired) electrons. The summed E-state index contributed by atoms with van der Waals surface area (Å²) in [5.74, 6) is 0.389. The minimum absolute atomic E-state index is 0.0478. The Hall–Kier alpha value is -1.38. The van der Waals surface area contributed by atoms with Crippen LogP contribution < -0.4 is 0 Å². The van der Waals surface area contributed by atoms with Gasteiger partial charge in [0.2, 0.25) is 0 Å². The second kappa shape index (κ2) is 3.56. The van der Waals surface area contributed by atoms with Gasteiger partial charge in [0.25, 0.3) is 0 Å². The summed E-state index contributed by atoms with van der Waals surface area (Å²) in [6, 6.07) is 0. The lowest BCUT2D eigenvalue weighted by atomic mass is 9.56. The molecule has 0 N–H and O–H groups in total. The minimum atomic E-state index is -0.433. The standard InChI is InChI=1S/C15H18O3/c1-8-4-5-13(16)15(3)7-12-10(6-11(8)15)9(2)14(17)18-12/h4-5,9-12H,1,6-7H2,2-3H3/t9-,10+,11-,12+,15+/m0/s1. The Morgan fingerprint density at radius 2 is 2.11 bits per heavy atom. The van der Waals surface area contributed by atoms with Crippen LogP contribution in [0.25, 0.3) is 0 Å². The zero-order valence-corrected chi connectivity index (χ0v) is 10.8. The second-order valence-electron chi connectivity index (χ2n) is 6.11. The first-order chi connectivity index (χ1) is 8.43. The third-order valence-corrected chi connectivity index (χ3v) is 5.12. The predicted molar refractivity (Wildman–Crippen MR) is 66.7 cm³/mol. The van der Waals surface area contributed by atoms with E-state index in [9.17, 15) is 9.59 Å². The van der Waals surface area contributed by atoms with E-state index in [0.717, 1.165) is 12.0 Å². The smallest absolute Gasteiger partial charge is 0.309 e. The Labute approximate surface area is 107 Å². The highest BCUT2D eigenvalue weighted by atomic mass is 16.6. The van der Waals surface area contributed by atoms with Crippen LogP contribution in [0.15, 0.2) is 24.3 Å². The molecule has 2 fully saturated rings. The molecule has 0 amide bonds. The fourth-order valence-electron chi connectivity index (χ4n) is 3.80. The van der Waals surface area contributed by atoms with Crippen LogP contribution in [0.4, 0.5) is 0 Å². The van der Waals surface area contributed by atoms with Gasteiger partial charge in [0.1, 0.15) is 6.10 Å². The van der Waals surface area contributed by atoms with Crippen LogP contribution in [0, 0.1) is 23.2 Å². The Kier molecular flexibility index (Phi) is 2.31. The van der Waals surface area contributed by atoms with Gasteiger partial charge in [0.15, 0.2) is 5.78 Å². The predicted octanol–water partition coefficient (Wildman–Crippen LogP) is 2.28. The van der Waals surface area contributed by atoms with Gasteiger partial charge in [-0.25, -0.2) is 0 Å². The fourth-order valence-corrected chi connectivity index (χ4v) is 3.80. The monoisotopic (exact) mass is 246 g/mol. The number of carbonyl (C=O) groups is 2. The second-order valence-corrected chi connectivity index (χ2v) is 6.11. The molecule has 1 heterocycles. The van der Waals surface area contributed by atoms with Crippen molar-refractivity contribution in [2.24, 2.45) is 23.2 Å². The van der Waals surface area contributed by atoms with Gasteiger partial charge in [0.05, 0.1) is 5.92 Å². The third kappa shape index (κ3) is 1.36. The zero-order valence-electron chi connectivity index (χ0n) is 10.8. The molecule has 1 saturated carbocycles. The van der Waals surface area contributed by atoms with E-state index < -0.39 is 5.41 Å². The lowest BCUT2D eigenvalue weighted by Gasteiger charge is -2.46. The fraction of sp³-hybridized carbons (Fsp3) is 0.600. The van der Waals surface area contributed by atoms with E-state index in [1.807, 2.05) is 19.9 Å². The molecular weight excluding hydrogens is 228 g/mol. The van der Waals surface area contributed by atoms with Crippen LogP contribution in [0.5, 0.6) is 0 Å². The number of hydrogen-bond donors (Lipinski definition) is 0. The molecule has 0 unspecified atom stereocenters. The highest BCUT2D eigenvalue weighted by molar-refractivity contribution is 5.97. The number of hydrogen-bond acceptors (Lipinski definition) is 3. The highest BCUT2D eigenvalue weighted by Crippen LogP contribution is 2.53. The molecule has 3 heteroatoms. The third-order valence-electron chi connectivity index (χ3n) is 5.12. The summed E-state index contributed by atoms with van der Waals surface area (Å²) in [6.45, 7) is 7.99. The van der Waals surface area contributed by atoms with Crippen molar-refractivity contribution in [2.45, 2.75) is 32.8 Å². The van der Waals surface area contributed by atoms with Crippen molar-refractivity contribution in [3.63, 3.8) is 0 Å². The number of carbonyl (C=O) groups excluding carboxylic acids is 2. The zero-order chi connectivity index (χ0) is 13.1. The maximum Gasteiger partial charge on any atom is 0.309 e. The van der Waals surface area contributed by atoms with Crippen LogP contribution >= 0.6 is 0 Å². The summed E-state index contributed by atoms with van der Waals surface area (Å²) in [6.07, 6.45) is 4.84. The molecule has 0 bridgehead atoms. The van der Waals surface area contributed by atoms with E-state index in [-0.39, 0.29) is 35.6 Å². The number of rotatable bonds is 0. The van der Waals surface area contributed by atoms with Crippen LogP contribution in [0.2, 0.25) is 0 Å². The SMILES string of the molecule is C=C1C=CC(=O)[C@]2(C)C[C@H]3OC(=O)[C@@H](C)[C@H]3C[C@@H]12. The quantitative estimate of drug-likeness (QED) is 0.616. The van der Waals surface area contributed by atoms with Crippen molar-refractivity contribution < 1.29 is 14.3 Å². The maximum absolute atomic E-state index is 12.2. The molecule has 3 nitrogen and oxygen atoms in total. The van der Waals surface area contributed by atoms with Crippen molar-refractivity contribution in [2.75, 3.05) is 0 Å². The lowest BCUT2D eigenvalue weighted by Crippen LogP contribution is -2.47. The molecule has 96 valence electrons. The van der Waals surface area contributed by atoms with Crippen LogP contribution in [-0.4, -0.2) is 17.9 Å². The number of fused-ring (bicyclic) bond motifs is 2. The topological polar surface area (TPSA) is 43.4 Å². The van der Waals surface area contributed by atoms with Crippen molar-refractivity contribution in [3.8, 4) is 0 Å². The molecule has 3 aliphatic rings. The van der Waals surface area contributed by atoms with Gasteiger partial charge in [-0.15, -0.1) is 0 Å². The summed E-state index contributed by atoms with van der Waals surface area (Å²) < 4.78 is 5.43. The first-order valence-corrected chi connectivity index (χ1v) is 6.55. The van der Waals surface area contributed by atoms with Crippen molar-refractivity contribution >= 4 is 11.8 Å². The van der Waals surface area contributed by atoms with Gasteiger partial charge in [0, 0.05) is 11.3 Å². The number of ether oxygens (including phenoxy) is 1. The molecule has 0 aromatic rings. The summed E-state index contributed by atoms with van der Waals surface area (Å²) >= 11 is 0. The molecule has 1 saturated heterocycles. The number of ketones is 1. The Balaban J connectivity index is 1.98. The average molecular weight is 246 g/mol. The van der Waals surface area contributed by atoms with Gasteiger partial charge in [-0.05, 0) is 24.8 Å². The normalized spacial score (nSPS) is 46.7. The number of esters is 1. The first kappa shape index (κ1) is 11.7. The van der Waals surface area contributed by atoms with E-state index >= 15 is 0 Å². The highest BCUT2D eigenvalue weighted by Gasteiger charge is 2.56. The van der Waals surface area contributed by atoms with Crippen LogP contribution in [-0.2, 0) is 14.3 Å². The summed E-state index contributed by atoms with van der Waals surface area (Å²) in [7, 11) is 0. The number of allylic oxidation sites excluding steroid dienone is 3. The molecular formula is C15H18O3. The van der Waals surface area contributed by atoms with Crippen molar-refractivity contribution in [1.29, 1.82) is 0 Å². The van der Waals surface area contributed by atoms with Crippen molar-refractivity contribution in [1.82, 2.24) is 0 Å². The van der Waals surface area contributed by atoms with Crippen LogP contribution in [0.3, 0.4) is 0 Å². The Bertz CT molecular complexity index is 476. The van der Waals surface area contributed by atoms with Crippen LogP contribution in [0.1, 0.15) is 26.7 Å². The summed E-state index contributed by atoms with van der Waals surface area (Å²) in [4.78, 5) is 23.8. The molecule has 18 heavy (non-hydrogen) atoms. The minimum Gasteiger partial charge on any atom is -0.462 e. The molecule has 1 aliphatic heterocycles. The van der Waals surface area contributed by atoms with E-state index in [1.165, 1.54) is 0 Å². The van der Waals surface area contributed by atoms with Gasteiger partial charge >= 0.3 is 5.97 Å². The van der Waals surface area contributed by atoms with Gasteiger partial charge in [-0.3, -0.25) is 9.59 Å². The Morgan fingerprint density at radius 1 is 1.39 bits per heavy atom. The summed E-state index contributed by atoms with van der Waals surface area (Å²) in [5.41, 5.74) is 0.583. The Morgan fingerprint density at radius 3 is 2.83 bits per heavy atom. The maximum atomic E-state index is 12.2.